The Morgan fingerprint density at radius 3 is 2.44 bits per heavy atom. The number of hydrogen-bond acceptors (Lipinski definition) is 6. The molecule has 2 rings (SSSR count). The van der Waals surface area contributed by atoms with Crippen molar-refractivity contribution in [1.29, 1.82) is 0 Å². The van der Waals surface area contributed by atoms with Crippen LogP contribution in [-0.4, -0.2) is 46.7 Å². The third kappa shape index (κ3) is 4.79. The van der Waals surface area contributed by atoms with Gasteiger partial charge in [0.25, 0.3) is 0 Å². The minimum atomic E-state index is -0.935. The number of likely N-dealkylation sites (tertiary alicyclic amines) is 1. The number of benzene rings is 1. The van der Waals surface area contributed by atoms with E-state index in [9.17, 15) is 14.4 Å². The minimum Gasteiger partial charge on any atom is -0.491 e. The molecule has 7 nitrogen and oxygen atoms in total. The van der Waals surface area contributed by atoms with Gasteiger partial charge in [0.2, 0.25) is 11.8 Å². The molecule has 0 saturated carbocycles. The summed E-state index contributed by atoms with van der Waals surface area (Å²) >= 11 is 0. The van der Waals surface area contributed by atoms with Gasteiger partial charge in [-0.2, -0.15) is 4.90 Å². The molecule has 1 aromatic carbocycles. The van der Waals surface area contributed by atoms with Crippen molar-refractivity contribution in [3.8, 4) is 5.75 Å². The number of carbonyl (C=O) groups excluding carboxylic acids is 3. The van der Waals surface area contributed by atoms with Gasteiger partial charge in [0, 0.05) is 6.42 Å². The van der Waals surface area contributed by atoms with E-state index in [4.69, 9.17) is 14.6 Å². The fourth-order valence-electron chi connectivity index (χ4n) is 2.55. The van der Waals surface area contributed by atoms with Gasteiger partial charge in [0.15, 0.2) is 0 Å². The summed E-state index contributed by atoms with van der Waals surface area (Å²) in [5, 5.41) is 8.76. The number of carbonyl (C=O) groups is 3. The molecule has 0 spiro atoms. The highest BCUT2D eigenvalue weighted by Gasteiger charge is 2.41. The van der Waals surface area contributed by atoms with Crippen LogP contribution in [0.5, 0.6) is 5.75 Å². The van der Waals surface area contributed by atoms with Crippen molar-refractivity contribution >= 4 is 17.9 Å². The smallest absolute Gasteiger partial charge is 0.424 e. The summed E-state index contributed by atoms with van der Waals surface area (Å²) < 4.78 is 10.4. The molecule has 25 heavy (non-hydrogen) atoms. The van der Waals surface area contributed by atoms with Gasteiger partial charge >= 0.3 is 6.09 Å². The zero-order valence-electron chi connectivity index (χ0n) is 14.7. The lowest BCUT2D eigenvalue weighted by Crippen LogP contribution is -2.49. The molecule has 1 aromatic rings. The second-order valence-electron chi connectivity index (χ2n) is 6.78. The summed E-state index contributed by atoms with van der Waals surface area (Å²) in [6.45, 7) is 5.11. The molecule has 0 aliphatic carbocycles. The number of rotatable bonds is 4. The van der Waals surface area contributed by atoms with Crippen LogP contribution in [0.3, 0.4) is 0 Å². The second-order valence-corrected chi connectivity index (χ2v) is 6.78. The highest BCUT2D eigenvalue weighted by Crippen LogP contribution is 2.31. The molecular formula is C18H23NO6. The predicted octanol–water partition coefficient (Wildman–Crippen LogP) is 2.23. The van der Waals surface area contributed by atoms with Crippen molar-refractivity contribution < 1.29 is 29.0 Å². The zero-order chi connectivity index (χ0) is 18.6. The Hall–Kier alpha value is -2.41. The molecule has 0 aromatic heterocycles. The van der Waals surface area contributed by atoms with Gasteiger partial charge in [0.05, 0.1) is 12.5 Å². The van der Waals surface area contributed by atoms with Crippen LogP contribution in [0.4, 0.5) is 4.79 Å². The highest BCUT2D eigenvalue weighted by atomic mass is 16.6. The molecule has 7 heteroatoms. The van der Waals surface area contributed by atoms with Crippen molar-refractivity contribution in [1.82, 2.24) is 4.90 Å². The lowest BCUT2D eigenvalue weighted by atomic mass is 9.89. The first-order chi connectivity index (χ1) is 11.7. The summed E-state index contributed by atoms with van der Waals surface area (Å²) in [5.41, 5.74) is -0.0987. The molecule has 136 valence electrons. The maximum Gasteiger partial charge on any atom is 0.424 e. The Balaban J connectivity index is 2.15. The molecule has 1 aliphatic rings. The molecule has 1 heterocycles. The monoisotopic (exact) mass is 349 g/mol. The maximum atomic E-state index is 12.7. The molecule has 1 N–H and O–H groups in total. The average Bonchev–Trinajstić information content (AvgIpc) is 2.52. The average molecular weight is 349 g/mol. The van der Waals surface area contributed by atoms with Gasteiger partial charge in [-0.15, -0.1) is 0 Å². The second kappa shape index (κ2) is 7.65. The Kier molecular flexibility index (Phi) is 5.79. The molecule has 1 saturated heterocycles. The number of nitrogens with zero attached hydrogens (tertiary/aromatic N) is 1. The number of aliphatic hydroxyl groups excluding tert-OH is 1. The standard InChI is InChI=1S/C18H23NO6/c1-18(2,3)25-17(23)19-15(21)9-8-14(16(19)22)12-4-6-13(7-5-12)24-11-10-20/h4-7,14,20H,8-11H2,1-3H3. The van der Waals surface area contributed by atoms with E-state index < -0.39 is 29.4 Å². The summed E-state index contributed by atoms with van der Waals surface area (Å²) in [6.07, 6.45) is -0.498. The summed E-state index contributed by atoms with van der Waals surface area (Å²) in [6, 6.07) is 6.82. The van der Waals surface area contributed by atoms with E-state index in [0.29, 0.717) is 22.6 Å². The highest BCUT2D eigenvalue weighted by molar-refractivity contribution is 6.12. The lowest BCUT2D eigenvalue weighted by molar-refractivity contribution is -0.147. The Bertz CT molecular complexity index is 647. The molecule has 0 bridgehead atoms. The first-order valence-electron chi connectivity index (χ1n) is 8.16. The van der Waals surface area contributed by atoms with Gasteiger partial charge in [-0.1, -0.05) is 12.1 Å². The van der Waals surface area contributed by atoms with Gasteiger partial charge in [-0.05, 0) is 44.9 Å². The SMILES string of the molecule is CC(C)(C)OC(=O)N1C(=O)CCC(c2ccc(OCCO)cc2)C1=O. The molecule has 1 fully saturated rings. The number of hydrogen-bond donors (Lipinski definition) is 1. The Morgan fingerprint density at radius 2 is 1.88 bits per heavy atom. The largest absolute Gasteiger partial charge is 0.491 e. The first kappa shape index (κ1) is 18.9. The number of piperidine rings is 1. The number of ether oxygens (including phenoxy) is 2. The molecule has 3 amide bonds. The summed E-state index contributed by atoms with van der Waals surface area (Å²) in [7, 11) is 0. The van der Waals surface area contributed by atoms with Crippen LogP contribution in [0.25, 0.3) is 0 Å². The minimum absolute atomic E-state index is 0.0875. The fourth-order valence-corrected chi connectivity index (χ4v) is 2.55. The normalized spacial score (nSPS) is 18.2. The van der Waals surface area contributed by atoms with E-state index in [2.05, 4.69) is 0 Å². The maximum absolute atomic E-state index is 12.7. The third-order valence-corrected chi connectivity index (χ3v) is 3.63. The van der Waals surface area contributed by atoms with Crippen LogP contribution >= 0.6 is 0 Å². The van der Waals surface area contributed by atoms with Gasteiger partial charge < -0.3 is 14.6 Å². The zero-order valence-corrected chi connectivity index (χ0v) is 14.7. The quantitative estimate of drug-likeness (QED) is 0.838. The van der Waals surface area contributed by atoms with Crippen LogP contribution in [0.15, 0.2) is 24.3 Å². The van der Waals surface area contributed by atoms with Gasteiger partial charge in [0.1, 0.15) is 18.0 Å². The molecule has 0 radical (unpaired) electrons. The van der Waals surface area contributed by atoms with Crippen molar-refractivity contribution in [2.24, 2.45) is 0 Å². The van der Waals surface area contributed by atoms with E-state index in [1.54, 1.807) is 45.0 Å². The molecular weight excluding hydrogens is 326 g/mol. The van der Waals surface area contributed by atoms with Crippen LogP contribution in [0.1, 0.15) is 45.1 Å². The van der Waals surface area contributed by atoms with E-state index in [1.165, 1.54) is 0 Å². The predicted molar refractivity (Wildman–Crippen MR) is 89.1 cm³/mol. The van der Waals surface area contributed by atoms with Crippen molar-refractivity contribution in [3.63, 3.8) is 0 Å². The Morgan fingerprint density at radius 1 is 1.24 bits per heavy atom. The van der Waals surface area contributed by atoms with Crippen molar-refractivity contribution in [3.05, 3.63) is 29.8 Å². The van der Waals surface area contributed by atoms with Crippen LogP contribution < -0.4 is 4.74 Å². The lowest BCUT2D eigenvalue weighted by Gasteiger charge is -2.31. The molecule has 1 atom stereocenters. The van der Waals surface area contributed by atoms with E-state index in [1.807, 2.05) is 0 Å². The third-order valence-electron chi connectivity index (χ3n) is 3.63. The van der Waals surface area contributed by atoms with Crippen molar-refractivity contribution in [2.75, 3.05) is 13.2 Å². The topological polar surface area (TPSA) is 93.1 Å². The Labute approximate surface area is 146 Å². The van der Waals surface area contributed by atoms with Crippen molar-refractivity contribution in [2.45, 2.75) is 45.1 Å². The van der Waals surface area contributed by atoms with Crippen LogP contribution in [-0.2, 0) is 14.3 Å². The van der Waals surface area contributed by atoms with E-state index in [0.717, 1.165) is 0 Å². The van der Waals surface area contributed by atoms with Crippen LogP contribution in [0, 0.1) is 0 Å². The van der Waals surface area contributed by atoms with E-state index in [-0.39, 0.29) is 19.6 Å². The van der Waals surface area contributed by atoms with Gasteiger partial charge in [-0.25, -0.2) is 4.79 Å². The number of imide groups is 3. The molecule has 1 aliphatic heterocycles. The molecule has 1 unspecified atom stereocenters. The summed E-state index contributed by atoms with van der Waals surface area (Å²) in [5.74, 6) is -1.13. The number of aliphatic hydroxyl groups is 1. The van der Waals surface area contributed by atoms with E-state index >= 15 is 0 Å². The fraction of sp³-hybridized carbons (Fsp3) is 0.500. The first-order valence-corrected chi connectivity index (χ1v) is 8.16. The van der Waals surface area contributed by atoms with Crippen LogP contribution in [0.2, 0.25) is 0 Å². The summed E-state index contributed by atoms with van der Waals surface area (Å²) in [4.78, 5) is 37.5. The van der Waals surface area contributed by atoms with Gasteiger partial charge in [-0.3, -0.25) is 9.59 Å². The number of amides is 3.